The maximum absolute atomic E-state index is 14.3. The average molecular weight is 420 g/mol. The van der Waals surface area contributed by atoms with E-state index in [0.717, 1.165) is 24.5 Å². The lowest BCUT2D eigenvalue weighted by atomic mass is 9.83. The maximum atomic E-state index is 14.3. The van der Waals surface area contributed by atoms with Crippen molar-refractivity contribution in [2.75, 3.05) is 5.32 Å². The van der Waals surface area contributed by atoms with E-state index in [1.165, 1.54) is 24.5 Å². The van der Waals surface area contributed by atoms with Gasteiger partial charge in [0.25, 0.3) is 0 Å². The van der Waals surface area contributed by atoms with Gasteiger partial charge in [0.1, 0.15) is 11.6 Å². The lowest BCUT2D eigenvalue weighted by Gasteiger charge is -2.24. The summed E-state index contributed by atoms with van der Waals surface area (Å²) < 4.78 is 14.3. The first-order chi connectivity index (χ1) is 14.8. The van der Waals surface area contributed by atoms with E-state index < -0.39 is 5.82 Å². The number of nitrogens with one attached hydrogen (secondary N) is 1. The molecule has 1 N–H and O–H groups in total. The second kappa shape index (κ2) is 10.1. The zero-order chi connectivity index (χ0) is 22.5. The van der Waals surface area contributed by atoms with Gasteiger partial charge >= 0.3 is 0 Å². The van der Waals surface area contributed by atoms with Crippen molar-refractivity contribution in [3.05, 3.63) is 65.6 Å². The summed E-state index contributed by atoms with van der Waals surface area (Å²) in [5.41, 5.74) is 2.99. The Balaban J connectivity index is 1.72. The van der Waals surface area contributed by atoms with E-state index >= 15 is 0 Å². The van der Waals surface area contributed by atoms with Gasteiger partial charge in [-0.1, -0.05) is 32.4 Å². The van der Waals surface area contributed by atoms with Gasteiger partial charge in [0.15, 0.2) is 0 Å². The molecule has 0 radical (unpaired) electrons. The predicted molar refractivity (Wildman–Crippen MR) is 126 cm³/mol. The van der Waals surface area contributed by atoms with Gasteiger partial charge in [-0.25, -0.2) is 9.37 Å². The summed E-state index contributed by atoms with van der Waals surface area (Å²) in [4.78, 5) is 4.86. The summed E-state index contributed by atoms with van der Waals surface area (Å²) in [6.07, 6.45) is 4.63. The topological polar surface area (TPSA) is 48.7 Å². The van der Waals surface area contributed by atoms with Gasteiger partial charge in [-0.2, -0.15) is 5.26 Å². The maximum Gasteiger partial charge on any atom is 0.147 e. The number of halogens is 1. The molecule has 4 heteroatoms. The van der Waals surface area contributed by atoms with Crippen molar-refractivity contribution in [3.8, 4) is 6.07 Å². The molecular weight excluding hydrogens is 385 g/mol. The summed E-state index contributed by atoms with van der Waals surface area (Å²) in [5.74, 6) is 3.32. The van der Waals surface area contributed by atoms with Crippen LogP contribution < -0.4 is 5.32 Å². The van der Waals surface area contributed by atoms with E-state index in [-0.39, 0.29) is 0 Å². The van der Waals surface area contributed by atoms with E-state index in [1.54, 1.807) is 12.1 Å². The Hall–Kier alpha value is -2.67. The number of nitriles is 1. The van der Waals surface area contributed by atoms with E-state index in [2.05, 4.69) is 45.7 Å². The smallest absolute Gasteiger partial charge is 0.147 e. The molecule has 0 saturated heterocycles. The van der Waals surface area contributed by atoms with Gasteiger partial charge in [-0.3, -0.25) is 0 Å². The predicted octanol–water partition coefficient (Wildman–Crippen LogP) is 7.59. The molecule has 1 aromatic heterocycles. The van der Waals surface area contributed by atoms with E-state index in [1.807, 2.05) is 18.2 Å². The molecular formula is C27H34FN3. The molecule has 31 heavy (non-hydrogen) atoms. The third-order valence-corrected chi connectivity index (χ3v) is 6.77. The van der Waals surface area contributed by atoms with Crippen LogP contribution in [-0.4, -0.2) is 4.98 Å². The molecule has 0 bridgehead atoms. The Morgan fingerprint density at radius 2 is 2.00 bits per heavy atom. The van der Waals surface area contributed by atoms with Crippen molar-refractivity contribution in [1.82, 2.24) is 4.98 Å². The molecule has 164 valence electrons. The first kappa shape index (κ1) is 23.0. The van der Waals surface area contributed by atoms with Crippen molar-refractivity contribution in [1.29, 1.82) is 5.26 Å². The van der Waals surface area contributed by atoms with E-state index in [0.29, 0.717) is 40.7 Å². The summed E-state index contributed by atoms with van der Waals surface area (Å²) in [6, 6.07) is 12.4. The summed E-state index contributed by atoms with van der Waals surface area (Å²) in [5, 5.41) is 12.0. The quantitative estimate of drug-likeness (QED) is 0.403. The molecule has 3 nitrogen and oxygen atoms in total. The molecule has 0 aliphatic heterocycles. The SMILES string of the molecule is C=C(C)CC(C)C(C)CCC(c1cccc(Nc2ccc(C#N)cc2F)n1)C1CC1C. The fraction of sp³-hybridized carbons (Fsp3) is 0.481. The highest BCUT2D eigenvalue weighted by atomic mass is 19.1. The number of nitrogens with zero attached hydrogens (tertiary/aromatic N) is 2. The lowest BCUT2D eigenvalue weighted by molar-refractivity contribution is 0.333. The van der Waals surface area contributed by atoms with Crippen molar-refractivity contribution < 1.29 is 4.39 Å². The Morgan fingerprint density at radius 1 is 1.26 bits per heavy atom. The minimum atomic E-state index is -0.445. The van der Waals surface area contributed by atoms with Crippen LogP contribution in [0.15, 0.2) is 48.6 Å². The number of aromatic nitrogens is 1. The van der Waals surface area contributed by atoms with Gasteiger partial charge in [-0.15, -0.1) is 6.58 Å². The van der Waals surface area contributed by atoms with Gasteiger partial charge in [0.2, 0.25) is 0 Å². The second-order valence-electron chi connectivity index (χ2n) is 9.56. The monoisotopic (exact) mass is 419 g/mol. The number of allylic oxidation sites excluding steroid dienone is 1. The molecule has 1 heterocycles. The van der Waals surface area contributed by atoms with Crippen LogP contribution in [0, 0.1) is 40.8 Å². The van der Waals surface area contributed by atoms with Crippen molar-refractivity contribution in [2.45, 2.75) is 59.3 Å². The number of hydrogen-bond acceptors (Lipinski definition) is 3. The van der Waals surface area contributed by atoms with Crippen LogP contribution in [0.3, 0.4) is 0 Å². The normalized spacial score (nSPS) is 20.4. The minimum absolute atomic E-state index is 0.308. The molecule has 1 aromatic carbocycles. The summed E-state index contributed by atoms with van der Waals surface area (Å²) in [6.45, 7) is 13.2. The molecule has 1 fully saturated rings. The highest BCUT2D eigenvalue weighted by Gasteiger charge is 2.40. The Labute approximate surface area is 186 Å². The molecule has 5 atom stereocenters. The van der Waals surface area contributed by atoms with E-state index in [4.69, 9.17) is 10.2 Å². The standard InChI is InChI=1S/C27H34FN3/c1-17(2)13-19(4)18(3)9-11-22(23-14-20(23)5)25-7-6-8-27(30-25)31-26-12-10-21(16-29)15-24(26)28/h6-8,10,12,15,18-20,22-23H,1,9,11,13-14H2,2-5H3,(H,30,31). The molecule has 5 unspecified atom stereocenters. The molecule has 3 rings (SSSR count). The molecule has 1 aliphatic rings. The van der Waals surface area contributed by atoms with E-state index in [9.17, 15) is 4.39 Å². The Kier molecular flexibility index (Phi) is 7.49. The number of pyridine rings is 1. The lowest BCUT2D eigenvalue weighted by Crippen LogP contribution is -2.13. The molecule has 1 saturated carbocycles. The second-order valence-corrected chi connectivity index (χ2v) is 9.56. The molecule has 0 spiro atoms. The highest BCUT2D eigenvalue weighted by molar-refractivity contribution is 5.58. The first-order valence-electron chi connectivity index (χ1n) is 11.4. The largest absolute Gasteiger partial charge is 0.338 e. The van der Waals surface area contributed by atoms with Gasteiger partial charge < -0.3 is 5.32 Å². The van der Waals surface area contributed by atoms with Crippen molar-refractivity contribution in [2.24, 2.45) is 23.7 Å². The zero-order valence-corrected chi connectivity index (χ0v) is 19.2. The Bertz CT molecular complexity index is 961. The fourth-order valence-corrected chi connectivity index (χ4v) is 4.52. The number of benzene rings is 1. The van der Waals surface area contributed by atoms with Crippen LogP contribution in [-0.2, 0) is 0 Å². The van der Waals surface area contributed by atoms with Gasteiger partial charge in [-0.05, 0) is 86.6 Å². The van der Waals surface area contributed by atoms with Crippen molar-refractivity contribution in [3.63, 3.8) is 0 Å². The van der Waals surface area contributed by atoms with Crippen LogP contribution in [0.4, 0.5) is 15.9 Å². The van der Waals surface area contributed by atoms with Gasteiger partial charge in [0, 0.05) is 11.6 Å². The van der Waals surface area contributed by atoms with Crippen molar-refractivity contribution >= 4 is 11.5 Å². The number of rotatable bonds is 10. The van der Waals surface area contributed by atoms with Crippen LogP contribution in [0.5, 0.6) is 0 Å². The van der Waals surface area contributed by atoms with Crippen LogP contribution in [0.2, 0.25) is 0 Å². The number of hydrogen-bond donors (Lipinski definition) is 1. The highest BCUT2D eigenvalue weighted by Crippen LogP contribution is 2.50. The zero-order valence-electron chi connectivity index (χ0n) is 19.2. The Morgan fingerprint density at radius 3 is 2.61 bits per heavy atom. The first-order valence-corrected chi connectivity index (χ1v) is 11.4. The third-order valence-electron chi connectivity index (χ3n) is 6.77. The van der Waals surface area contributed by atoms with Gasteiger partial charge in [0.05, 0.1) is 17.3 Å². The fourth-order valence-electron chi connectivity index (χ4n) is 4.52. The summed E-state index contributed by atoms with van der Waals surface area (Å²) >= 11 is 0. The van der Waals surface area contributed by atoms with Crippen LogP contribution >= 0.6 is 0 Å². The minimum Gasteiger partial charge on any atom is -0.338 e. The van der Waals surface area contributed by atoms with Crippen LogP contribution in [0.1, 0.15) is 70.6 Å². The molecule has 1 aliphatic carbocycles. The average Bonchev–Trinajstić information content (AvgIpc) is 3.45. The van der Waals surface area contributed by atoms with Crippen LogP contribution in [0.25, 0.3) is 0 Å². The molecule has 0 amide bonds. The third kappa shape index (κ3) is 6.17. The summed E-state index contributed by atoms with van der Waals surface area (Å²) in [7, 11) is 0. The number of anilines is 2. The molecule has 2 aromatic rings.